The van der Waals surface area contributed by atoms with E-state index in [-0.39, 0.29) is 24.4 Å². The van der Waals surface area contributed by atoms with E-state index >= 15 is 0 Å². The van der Waals surface area contributed by atoms with Crippen LogP contribution in [0.1, 0.15) is 26.7 Å². The zero-order chi connectivity index (χ0) is 12.6. The molecule has 1 unspecified atom stereocenters. The van der Waals surface area contributed by atoms with Gasteiger partial charge in [0.2, 0.25) is 11.8 Å². The summed E-state index contributed by atoms with van der Waals surface area (Å²) >= 11 is 0. The molecule has 0 aliphatic carbocycles. The molecule has 5 nitrogen and oxygen atoms in total. The van der Waals surface area contributed by atoms with Crippen LogP contribution in [0.25, 0.3) is 0 Å². The van der Waals surface area contributed by atoms with E-state index in [1.807, 2.05) is 0 Å². The number of amides is 2. The fourth-order valence-electron chi connectivity index (χ4n) is 2.72. The van der Waals surface area contributed by atoms with Gasteiger partial charge >= 0.3 is 0 Å². The summed E-state index contributed by atoms with van der Waals surface area (Å²) in [4.78, 5) is 27.9. The normalized spacial score (nSPS) is 30.3. The molecule has 0 aromatic carbocycles. The number of nitrogens with one attached hydrogen (secondary N) is 1. The summed E-state index contributed by atoms with van der Waals surface area (Å²) in [6.07, 6.45) is 2.09. The van der Waals surface area contributed by atoms with Crippen molar-refractivity contribution in [1.82, 2.24) is 15.1 Å². The predicted molar refractivity (Wildman–Crippen MR) is 64.5 cm³/mol. The molecule has 0 saturated carbocycles. The van der Waals surface area contributed by atoms with Crippen molar-refractivity contribution in [3.05, 3.63) is 0 Å². The van der Waals surface area contributed by atoms with E-state index < -0.39 is 5.54 Å². The van der Waals surface area contributed by atoms with Crippen molar-refractivity contribution < 1.29 is 9.59 Å². The highest BCUT2D eigenvalue weighted by molar-refractivity contribution is 5.97. The van der Waals surface area contributed by atoms with E-state index in [2.05, 4.69) is 17.3 Å². The number of nitrogens with zero attached hydrogens (tertiary/aromatic N) is 2. The maximum Gasteiger partial charge on any atom is 0.248 e. The molecule has 1 atom stereocenters. The van der Waals surface area contributed by atoms with E-state index in [1.54, 1.807) is 18.7 Å². The highest BCUT2D eigenvalue weighted by atomic mass is 16.2. The summed E-state index contributed by atoms with van der Waals surface area (Å²) in [6, 6.07) is 0.187. The van der Waals surface area contributed by atoms with Gasteiger partial charge in [-0.15, -0.1) is 0 Å². The van der Waals surface area contributed by atoms with Crippen LogP contribution < -0.4 is 5.32 Å². The third-order valence-corrected chi connectivity index (χ3v) is 3.60. The van der Waals surface area contributed by atoms with Gasteiger partial charge in [-0.3, -0.25) is 9.59 Å². The van der Waals surface area contributed by atoms with Crippen LogP contribution in [-0.2, 0) is 9.59 Å². The molecule has 2 aliphatic heterocycles. The molecule has 2 aliphatic rings. The zero-order valence-electron chi connectivity index (χ0n) is 10.8. The fourth-order valence-corrected chi connectivity index (χ4v) is 2.72. The first kappa shape index (κ1) is 12.4. The molecule has 2 amide bonds. The molecule has 0 aromatic rings. The second kappa shape index (κ2) is 4.29. The van der Waals surface area contributed by atoms with Gasteiger partial charge in [0.05, 0.1) is 6.54 Å². The SMILES string of the molecule is CN1CCCC(N2CC(=O)NC(C)(C)C2=O)C1. The predicted octanol–water partition coefficient (Wildman–Crippen LogP) is -0.182. The highest BCUT2D eigenvalue weighted by Crippen LogP contribution is 2.21. The number of piperidine rings is 1. The number of likely N-dealkylation sites (tertiary alicyclic amines) is 1. The van der Waals surface area contributed by atoms with Gasteiger partial charge in [0, 0.05) is 12.6 Å². The number of piperazine rings is 1. The first-order chi connectivity index (χ1) is 7.90. The number of likely N-dealkylation sites (N-methyl/N-ethyl adjacent to an activating group) is 1. The third-order valence-electron chi connectivity index (χ3n) is 3.60. The Morgan fingerprint density at radius 2 is 2.06 bits per heavy atom. The number of carbonyl (C=O) groups is 2. The van der Waals surface area contributed by atoms with Crippen molar-refractivity contribution >= 4 is 11.8 Å². The minimum absolute atomic E-state index is 0.0393. The molecule has 1 N–H and O–H groups in total. The van der Waals surface area contributed by atoms with Crippen LogP contribution in [0.4, 0.5) is 0 Å². The number of hydrogen-bond acceptors (Lipinski definition) is 3. The van der Waals surface area contributed by atoms with Gasteiger partial charge < -0.3 is 15.1 Å². The van der Waals surface area contributed by atoms with E-state index in [0.717, 1.165) is 25.9 Å². The summed E-state index contributed by atoms with van der Waals surface area (Å²) in [6.45, 7) is 5.70. The average Bonchev–Trinajstić information content (AvgIpc) is 2.22. The minimum atomic E-state index is -0.759. The van der Waals surface area contributed by atoms with Crippen LogP contribution >= 0.6 is 0 Å². The second-order valence-corrected chi connectivity index (χ2v) is 5.66. The fraction of sp³-hybridized carbons (Fsp3) is 0.833. The maximum absolute atomic E-state index is 12.3. The van der Waals surface area contributed by atoms with Crippen molar-refractivity contribution in [2.75, 3.05) is 26.7 Å². The highest BCUT2D eigenvalue weighted by Gasteiger charge is 2.42. The van der Waals surface area contributed by atoms with Gasteiger partial charge in [-0.25, -0.2) is 0 Å². The first-order valence-electron chi connectivity index (χ1n) is 6.21. The second-order valence-electron chi connectivity index (χ2n) is 5.66. The van der Waals surface area contributed by atoms with Gasteiger partial charge in [-0.05, 0) is 40.3 Å². The molecule has 2 fully saturated rings. The lowest BCUT2D eigenvalue weighted by Crippen LogP contribution is -2.67. The van der Waals surface area contributed by atoms with Crippen molar-refractivity contribution in [2.24, 2.45) is 0 Å². The largest absolute Gasteiger partial charge is 0.341 e. The molecular weight excluding hydrogens is 218 g/mol. The van der Waals surface area contributed by atoms with Crippen LogP contribution in [0, 0.1) is 0 Å². The Kier molecular flexibility index (Phi) is 3.12. The van der Waals surface area contributed by atoms with Gasteiger partial charge in [0.15, 0.2) is 0 Å². The van der Waals surface area contributed by atoms with Gasteiger partial charge in [0.25, 0.3) is 0 Å². The van der Waals surface area contributed by atoms with Crippen molar-refractivity contribution in [3.63, 3.8) is 0 Å². The Bertz CT molecular complexity index is 341. The summed E-state index contributed by atoms with van der Waals surface area (Å²) in [7, 11) is 2.06. The molecule has 0 aromatic heterocycles. The Labute approximate surface area is 102 Å². The quantitative estimate of drug-likeness (QED) is 0.690. The van der Waals surface area contributed by atoms with Crippen LogP contribution in [-0.4, -0.2) is 59.9 Å². The summed E-state index contributed by atoms with van der Waals surface area (Å²) in [5.41, 5.74) is -0.759. The smallest absolute Gasteiger partial charge is 0.248 e. The molecule has 96 valence electrons. The summed E-state index contributed by atoms with van der Waals surface area (Å²) < 4.78 is 0. The van der Waals surface area contributed by atoms with E-state index in [1.165, 1.54) is 0 Å². The average molecular weight is 239 g/mol. The zero-order valence-corrected chi connectivity index (χ0v) is 10.8. The summed E-state index contributed by atoms with van der Waals surface area (Å²) in [5.74, 6) is -0.0137. The molecule has 2 heterocycles. The number of hydrogen-bond donors (Lipinski definition) is 1. The van der Waals surface area contributed by atoms with Crippen LogP contribution in [0.5, 0.6) is 0 Å². The van der Waals surface area contributed by atoms with Crippen LogP contribution in [0.15, 0.2) is 0 Å². The van der Waals surface area contributed by atoms with Gasteiger partial charge in [-0.1, -0.05) is 0 Å². The Hall–Kier alpha value is -1.10. The van der Waals surface area contributed by atoms with Gasteiger partial charge in [0.1, 0.15) is 5.54 Å². The van der Waals surface area contributed by atoms with Crippen molar-refractivity contribution in [3.8, 4) is 0 Å². The van der Waals surface area contributed by atoms with E-state index in [4.69, 9.17) is 0 Å². The molecule has 5 heteroatoms. The maximum atomic E-state index is 12.3. The number of carbonyl (C=O) groups excluding carboxylic acids is 2. The van der Waals surface area contributed by atoms with Crippen molar-refractivity contribution in [2.45, 2.75) is 38.3 Å². The molecule has 0 radical (unpaired) electrons. The molecular formula is C12H21N3O2. The molecule has 0 bridgehead atoms. The molecule has 17 heavy (non-hydrogen) atoms. The first-order valence-corrected chi connectivity index (χ1v) is 6.21. The van der Waals surface area contributed by atoms with Gasteiger partial charge in [-0.2, -0.15) is 0 Å². The Morgan fingerprint density at radius 3 is 2.71 bits per heavy atom. The lowest BCUT2D eigenvalue weighted by atomic mass is 9.96. The molecule has 2 saturated heterocycles. The topological polar surface area (TPSA) is 52.6 Å². The van der Waals surface area contributed by atoms with Crippen molar-refractivity contribution in [1.29, 1.82) is 0 Å². The van der Waals surface area contributed by atoms with E-state index in [0.29, 0.717) is 0 Å². The molecule has 2 rings (SSSR count). The van der Waals surface area contributed by atoms with Crippen LogP contribution in [0.3, 0.4) is 0 Å². The lowest BCUT2D eigenvalue weighted by Gasteiger charge is -2.44. The van der Waals surface area contributed by atoms with Crippen LogP contribution in [0.2, 0.25) is 0 Å². The minimum Gasteiger partial charge on any atom is -0.341 e. The summed E-state index contributed by atoms with van der Waals surface area (Å²) in [5, 5.41) is 2.74. The molecule has 0 spiro atoms. The number of rotatable bonds is 1. The monoisotopic (exact) mass is 239 g/mol. The Morgan fingerprint density at radius 1 is 1.35 bits per heavy atom. The lowest BCUT2D eigenvalue weighted by molar-refractivity contribution is -0.151. The third kappa shape index (κ3) is 2.44. The standard InChI is InChI=1S/C12H21N3O2/c1-12(2)11(17)15(8-10(16)13-12)9-5-4-6-14(3)7-9/h9H,4-8H2,1-3H3,(H,13,16). The Balaban J connectivity index is 2.13. The van der Waals surface area contributed by atoms with E-state index in [9.17, 15) is 9.59 Å².